The molecule has 0 aliphatic rings. The number of unbranched alkanes of at least 4 members (excludes halogenated alkanes) is 1. The summed E-state index contributed by atoms with van der Waals surface area (Å²) in [6.07, 6.45) is 3.14. The molecule has 1 aromatic rings. The number of nitrogens with zero attached hydrogens (tertiary/aromatic N) is 2. The Morgan fingerprint density at radius 1 is 1.35 bits per heavy atom. The minimum absolute atomic E-state index is 0.700. The van der Waals surface area contributed by atoms with Gasteiger partial charge in [-0.05, 0) is 12.8 Å². The predicted octanol–water partition coefficient (Wildman–Crippen LogP) is 1.79. The number of nitrogen functional groups attached to an aromatic ring is 1. The maximum absolute atomic E-state index is 5.99. The van der Waals surface area contributed by atoms with Crippen LogP contribution in [-0.2, 0) is 18.2 Å². The van der Waals surface area contributed by atoms with E-state index in [1.807, 2.05) is 7.05 Å². The topological polar surface area (TPSA) is 65.1 Å². The number of hydrogen-bond acceptors (Lipinski definition) is 4. The van der Waals surface area contributed by atoms with Gasteiger partial charge in [0.15, 0.2) is 0 Å². The molecule has 0 radical (unpaired) electrons. The van der Waals surface area contributed by atoms with Crippen LogP contribution in [0, 0.1) is 0 Å². The van der Waals surface area contributed by atoms with Crippen molar-refractivity contribution in [1.82, 2.24) is 9.78 Å². The number of ether oxygens (including phenoxy) is 1. The standard InChI is InChI=1S/C12H24N4O/c1-4-6-8-17-9-7-14-12-11(13)10(5-2)15-16(12)3/h14H,4-9,13H2,1-3H3. The number of nitrogens with one attached hydrogen (secondary N) is 1. The second-order valence-corrected chi connectivity index (χ2v) is 4.08. The number of hydrogen-bond donors (Lipinski definition) is 2. The molecule has 5 heteroatoms. The summed E-state index contributed by atoms with van der Waals surface area (Å²) < 4.78 is 7.27. The van der Waals surface area contributed by atoms with Crippen LogP contribution >= 0.6 is 0 Å². The molecule has 0 saturated carbocycles. The van der Waals surface area contributed by atoms with E-state index >= 15 is 0 Å². The van der Waals surface area contributed by atoms with E-state index in [0.29, 0.717) is 6.61 Å². The fourth-order valence-corrected chi connectivity index (χ4v) is 1.66. The Balaban J connectivity index is 2.34. The van der Waals surface area contributed by atoms with E-state index in [2.05, 4.69) is 24.3 Å². The van der Waals surface area contributed by atoms with Crippen LogP contribution < -0.4 is 11.1 Å². The van der Waals surface area contributed by atoms with Gasteiger partial charge in [0, 0.05) is 20.2 Å². The first-order valence-electron chi connectivity index (χ1n) is 6.33. The van der Waals surface area contributed by atoms with Gasteiger partial charge >= 0.3 is 0 Å². The summed E-state index contributed by atoms with van der Waals surface area (Å²) in [4.78, 5) is 0. The molecular formula is C12H24N4O. The molecule has 5 nitrogen and oxygen atoms in total. The van der Waals surface area contributed by atoms with Crippen molar-refractivity contribution in [2.75, 3.05) is 30.8 Å². The van der Waals surface area contributed by atoms with Crippen molar-refractivity contribution in [2.45, 2.75) is 33.1 Å². The first-order valence-corrected chi connectivity index (χ1v) is 6.33. The lowest BCUT2D eigenvalue weighted by Gasteiger charge is -2.08. The van der Waals surface area contributed by atoms with Crippen molar-refractivity contribution in [3.63, 3.8) is 0 Å². The van der Waals surface area contributed by atoms with E-state index in [0.717, 1.165) is 43.2 Å². The summed E-state index contributed by atoms with van der Waals surface area (Å²) >= 11 is 0. The molecule has 0 bridgehead atoms. The number of anilines is 2. The molecule has 1 rings (SSSR count). The summed E-state index contributed by atoms with van der Waals surface area (Å²) in [6.45, 7) is 6.50. The first-order chi connectivity index (χ1) is 8.20. The fraction of sp³-hybridized carbons (Fsp3) is 0.750. The van der Waals surface area contributed by atoms with Crippen LogP contribution in [0.25, 0.3) is 0 Å². The molecule has 0 atom stereocenters. The van der Waals surface area contributed by atoms with E-state index in [-0.39, 0.29) is 0 Å². The molecule has 1 aromatic heterocycles. The summed E-state index contributed by atoms with van der Waals surface area (Å²) in [5, 5.41) is 7.61. The first kappa shape index (κ1) is 13.8. The van der Waals surface area contributed by atoms with Crippen molar-refractivity contribution in [2.24, 2.45) is 7.05 Å². The van der Waals surface area contributed by atoms with E-state index in [1.54, 1.807) is 4.68 Å². The molecule has 0 aliphatic carbocycles. The van der Waals surface area contributed by atoms with Gasteiger partial charge in [-0.3, -0.25) is 4.68 Å². The van der Waals surface area contributed by atoms with Crippen LogP contribution in [0.4, 0.5) is 11.5 Å². The summed E-state index contributed by atoms with van der Waals surface area (Å²) in [6, 6.07) is 0. The molecule has 0 spiro atoms. The Kier molecular flexibility index (Phi) is 5.83. The van der Waals surface area contributed by atoms with Crippen LogP contribution in [0.5, 0.6) is 0 Å². The Labute approximate surface area is 103 Å². The highest BCUT2D eigenvalue weighted by Crippen LogP contribution is 2.21. The fourth-order valence-electron chi connectivity index (χ4n) is 1.66. The highest BCUT2D eigenvalue weighted by Gasteiger charge is 2.10. The van der Waals surface area contributed by atoms with Gasteiger partial charge in [0.05, 0.1) is 18.0 Å². The predicted molar refractivity (Wildman–Crippen MR) is 71.2 cm³/mol. The Hall–Kier alpha value is -1.23. The van der Waals surface area contributed by atoms with E-state index < -0.39 is 0 Å². The molecule has 0 saturated heterocycles. The molecule has 0 aliphatic heterocycles. The Morgan fingerprint density at radius 3 is 2.71 bits per heavy atom. The van der Waals surface area contributed by atoms with Gasteiger partial charge in [-0.1, -0.05) is 20.3 Å². The van der Waals surface area contributed by atoms with Crippen LogP contribution in [0.1, 0.15) is 32.4 Å². The van der Waals surface area contributed by atoms with Gasteiger partial charge in [-0.2, -0.15) is 5.10 Å². The summed E-state index contributed by atoms with van der Waals surface area (Å²) in [7, 11) is 1.90. The summed E-state index contributed by atoms with van der Waals surface area (Å²) in [5.41, 5.74) is 7.69. The minimum Gasteiger partial charge on any atom is -0.394 e. The third kappa shape index (κ3) is 3.93. The van der Waals surface area contributed by atoms with Crippen LogP contribution in [-0.4, -0.2) is 29.5 Å². The molecular weight excluding hydrogens is 216 g/mol. The average Bonchev–Trinajstić information content (AvgIpc) is 2.60. The lowest BCUT2D eigenvalue weighted by Crippen LogP contribution is -2.13. The van der Waals surface area contributed by atoms with Crippen molar-refractivity contribution >= 4 is 11.5 Å². The molecule has 17 heavy (non-hydrogen) atoms. The van der Waals surface area contributed by atoms with Crippen molar-refractivity contribution in [3.05, 3.63) is 5.69 Å². The van der Waals surface area contributed by atoms with E-state index in [4.69, 9.17) is 10.5 Å². The van der Waals surface area contributed by atoms with Crippen molar-refractivity contribution < 1.29 is 4.74 Å². The van der Waals surface area contributed by atoms with Crippen molar-refractivity contribution in [3.8, 4) is 0 Å². The lowest BCUT2D eigenvalue weighted by molar-refractivity contribution is 0.141. The molecule has 0 unspecified atom stereocenters. The smallest absolute Gasteiger partial charge is 0.147 e. The van der Waals surface area contributed by atoms with Crippen LogP contribution in [0.2, 0.25) is 0 Å². The Bertz CT molecular complexity index is 335. The van der Waals surface area contributed by atoms with Crippen LogP contribution in [0.3, 0.4) is 0 Å². The van der Waals surface area contributed by atoms with Gasteiger partial charge in [0.1, 0.15) is 5.82 Å². The van der Waals surface area contributed by atoms with Crippen LogP contribution in [0.15, 0.2) is 0 Å². The Morgan fingerprint density at radius 2 is 2.12 bits per heavy atom. The molecule has 0 fully saturated rings. The van der Waals surface area contributed by atoms with Gasteiger partial charge in [0.25, 0.3) is 0 Å². The monoisotopic (exact) mass is 240 g/mol. The molecule has 3 N–H and O–H groups in total. The zero-order valence-corrected chi connectivity index (χ0v) is 11.1. The molecule has 98 valence electrons. The highest BCUT2D eigenvalue weighted by atomic mass is 16.5. The largest absolute Gasteiger partial charge is 0.394 e. The number of rotatable bonds is 8. The van der Waals surface area contributed by atoms with Crippen molar-refractivity contribution in [1.29, 1.82) is 0 Å². The normalized spacial score (nSPS) is 10.8. The highest BCUT2D eigenvalue weighted by molar-refractivity contribution is 5.64. The number of aromatic nitrogens is 2. The number of nitrogens with two attached hydrogens (primary N) is 1. The lowest BCUT2D eigenvalue weighted by atomic mass is 10.3. The van der Waals surface area contributed by atoms with Gasteiger partial charge in [0.2, 0.25) is 0 Å². The zero-order valence-electron chi connectivity index (χ0n) is 11.1. The van der Waals surface area contributed by atoms with Gasteiger partial charge < -0.3 is 15.8 Å². The molecule has 0 amide bonds. The average molecular weight is 240 g/mol. The molecule has 1 heterocycles. The third-order valence-corrected chi connectivity index (χ3v) is 2.68. The van der Waals surface area contributed by atoms with Gasteiger partial charge in [-0.15, -0.1) is 0 Å². The molecule has 0 aromatic carbocycles. The maximum Gasteiger partial charge on any atom is 0.147 e. The second-order valence-electron chi connectivity index (χ2n) is 4.08. The number of aryl methyl sites for hydroxylation is 2. The maximum atomic E-state index is 5.99. The second kappa shape index (κ2) is 7.17. The third-order valence-electron chi connectivity index (χ3n) is 2.68. The minimum atomic E-state index is 0.700. The quantitative estimate of drug-likeness (QED) is 0.680. The van der Waals surface area contributed by atoms with E-state index in [1.165, 1.54) is 6.42 Å². The van der Waals surface area contributed by atoms with E-state index in [9.17, 15) is 0 Å². The van der Waals surface area contributed by atoms with Gasteiger partial charge in [-0.25, -0.2) is 0 Å². The SMILES string of the molecule is CCCCOCCNc1c(N)c(CC)nn1C. The summed E-state index contributed by atoms with van der Waals surface area (Å²) in [5.74, 6) is 0.890. The zero-order chi connectivity index (χ0) is 12.7.